The van der Waals surface area contributed by atoms with Crippen molar-refractivity contribution in [2.45, 2.75) is 4.90 Å². The van der Waals surface area contributed by atoms with Gasteiger partial charge in [0.1, 0.15) is 0 Å². The van der Waals surface area contributed by atoms with Gasteiger partial charge in [0.15, 0.2) is 0 Å². The molecule has 0 bridgehead atoms. The molecule has 1 aliphatic heterocycles. The minimum atomic E-state index is -3.70. The van der Waals surface area contributed by atoms with E-state index in [0.717, 1.165) is 0 Å². The van der Waals surface area contributed by atoms with Crippen molar-refractivity contribution in [3.05, 3.63) is 58.1 Å². The summed E-state index contributed by atoms with van der Waals surface area (Å²) >= 11 is 12.2. The van der Waals surface area contributed by atoms with E-state index in [1.807, 2.05) is 7.05 Å². The maximum absolute atomic E-state index is 12.9. The molecule has 27 heavy (non-hydrogen) atoms. The molecule has 1 heterocycles. The minimum Gasteiger partial charge on any atom is -0.321 e. The van der Waals surface area contributed by atoms with Crippen LogP contribution in [0.2, 0.25) is 10.0 Å². The van der Waals surface area contributed by atoms with E-state index >= 15 is 0 Å². The summed E-state index contributed by atoms with van der Waals surface area (Å²) in [6.07, 6.45) is 0. The molecule has 2 aromatic carbocycles. The van der Waals surface area contributed by atoms with Crippen LogP contribution in [0.3, 0.4) is 0 Å². The van der Waals surface area contributed by atoms with Crippen molar-refractivity contribution < 1.29 is 13.2 Å². The highest BCUT2D eigenvalue weighted by Crippen LogP contribution is 2.26. The molecule has 6 nitrogen and oxygen atoms in total. The lowest BCUT2D eigenvalue weighted by Crippen LogP contribution is -2.47. The fourth-order valence-electron chi connectivity index (χ4n) is 2.77. The number of hydrogen-bond acceptors (Lipinski definition) is 4. The van der Waals surface area contributed by atoms with Gasteiger partial charge in [0, 0.05) is 26.2 Å². The van der Waals surface area contributed by atoms with Gasteiger partial charge < -0.3 is 10.2 Å². The van der Waals surface area contributed by atoms with Gasteiger partial charge in [0.05, 0.1) is 26.2 Å². The third kappa shape index (κ3) is 4.44. The lowest BCUT2D eigenvalue weighted by Gasteiger charge is -2.31. The number of hydrogen-bond donors (Lipinski definition) is 1. The topological polar surface area (TPSA) is 69.7 Å². The minimum absolute atomic E-state index is 0.0424. The van der Waals surface area contributed by atoms with Crippen molar-refractivity contribution in [3.8, 4) is 0 Å². The molecule has 0 unspecified atom stereocenters. The van der Waals surface area contributed by atoms with Crippen LogP contribution in [0.5, 0.6) is 0 Å². The Morgan fingerprint density at radius 1 is 1.00 bits per heavy atom. The second-order valence-electron chi connectivity index (χ2n) is 6.28. The molecule has 1 fully saturated rings. The number of nitrogens with one attached hydrogen (secondary N) is 1. The fourth-order valence-corrected chi connectivity index (χ4v) is 4.60. The van der Waals surface area contributed by atoms with E-state index in [1.54, 1.807) is 24.3 Å². The van der Waals surface area contributed by atoms with Crippen LogP contribution >= 0.6 is 23.2 Å². The molecule has 2 aromatic rings. The first-order valence-corrected chi connectivity index (χ1v) is 10.5. The number of benzene rings is 2. The maximum atomic E-state index is 12.9. The number of para-hydroxylation sites is 1. The van der Waals surface area contributed by atoms with Crippen molar-refractivity contribution in [2.24, 2.45) is 0 Å². The van der Waals surface area contributed by atoms with E-state index in [0.29, 0.717) is 36.9 Å². The van der Waals surface area contributed by atoms with Crippen molar-refractivity contribution in [1.29, 1.82) is 0 Å². The second kappa shape index (κ2) is 8.16. The molecule has 0 spiro atoms. The Labute approximate surface area is 168 Å². The standard InChI is InChI=1S/C18H19Cl2N3O3S/c1-22-8-10-23(11-9-22)27(25,26)13-6-7-15(19)14(12-13)18(24)21-17-5-3-2-4-16(17)20/h2-7,12H,8-11H2,1H3,(H,21,24). The van der Waals surface area contributed by atoms with E-state index < -0.39 is 15.9 Å². The lowest BCUT2D eigenvalue weighted by atomic mass is 10.2. The number of amides is 1. The fraction of sp³-hybridized carbons (Fsp3) is 0.278. The van der Waals surface area contributed by atoms with Crippen LogP contribution in [0, 0.1) is 0 Å². The van der Waals surface area contributed by atoms with Gasteiger partial charge in [-0.2, -0.15) is 4.31 Å². The molecule has 1 saturated heterocycles. The third-order valence-corrected chi connectivity index (χ3v) is 6.96. The zero-order valence-electron chi connectivity index (χ0n) is 14.7. The molecule has 0 saturated carbocycles. The van der Waals surface area contributed by atoms with E-state index in [9.17, 15) is 13.2 Å². The molecule has 1 aliphatic rings. The summed E-state index contributed by atoms with van der Waals surface area (Å²) in [6.45, 7) is 2.13. The van der Waals surface area contributed by atoms with Gasteiger partial charge in [-0.3, -0.25) is 4.79 Å². The Morgan fingerprint density at radius 2 is 1.67 bits per heavy atom. The number of carbonyl (C=O) groups is 1. The average molecular weight is 428 g/mol. The van der Waals surface area contributed by atoms with Crippen molar-refractivity contribution in [2.75, 3.05) is 38.5 Å². The van der Waals surface area contributed by atoms with Gasteiger partial charge in [-0.1, -0.05) is 35.3 Å². The van der Waals surface area contributed by atoms with E-state index in [4.69, 9.17) is 23.2 Å². The van der Waals surface area contributed by atoms with Gasteiger partial charge in [-0.05, 0) is 37.4 Å². The first-order chi connectivity index (χ1) is 12.8. The van der Waals surface area contributed by atoms with Crippen LogP contribution in [-0.4, -0.2) is 56.8 Å². The van der Waals surface area contributed by atoms with E-state index in [1.165, 1.54) is 22.5 Å². The van der Waals surface area contributed by atoms with Gasteiger partial charge in [-0.25, -0.2) is 8.42 Å². The van der Waals surface area contributed by atoms with Gasteiger partial charge in [0.25, 0.3) is 5.91 Å². The number of halogens is 2. The smallest absolute Gasteiger partial charge is 0.257 e. The number of rotatable bonds is 4. The van der Waals surface area contributed by atoms with Crippen LogP contribution in [0.15, 0.2) is 47.4 Å². The summed E-state index contributed by atoms with van der Waals surface area (Å²) in [5, 5.41) is 3.20. The van der Waals surface area contributed by atoms with E-state index in [-0.39, 0.29) is 15.5 Å². The molecule has 0 radical (unpaired) electrons. The zero-order valence-corrected chi connectivity index (χ0v) is 17.0. The summed E-state index contributed by atoms with van der Waals surface area (Å²) in [4.78, 5) is 14.7. The van der Waals surface area contributed by atoms with Crippen molar-refractivity contribution in [1.82, 2.24) is 9.21 Å². The lowest BCUT2D eigenvalue weighted by molar-refractivity contribution is 0.102. The molecule has 0 aliphatic carbocycles. The Morgan fingerprint density at radius 3 is 2.33 bits per heavy atom. The highest BCUT2D eigenvalue weighted by molar-refractivity contribution is 7.89. The van der Waals surface area contributed by atoms with Crippen LogP contribution in [0.1, 0.15) is 10.4 Å². The second-order valence-corrected chi connectivity index (χ2v) is 9.04. The molecule has 1 N–H and O–H groups in total. The summed E-state index contributed by atoms with van der Waals surface area (Å²) in [6, 6.07) is 10.9. The zero-order chi connectivity index (χ0) is 19.6. The molecule has 9 heteroatoms. The monoisotopic (exact) mass is 427 g/mol. The molecular weight excluding hydrogens is 409 g/mol. The highest BCUT2D eigenvalue weighted by atomic mass is 35.5. The van der Waals surface area contributed by atoms with Crippen LogP contribution in [-0.2, 0) is 10.0 Å². The summed E-state index contributed by atoms with van der Waals surface area (Å²) in [5.41, 5.74) is 0.499. The number of anilines is 1. The summed E-state index contributed by atoms with van der Waals surface area (Å²) in [5.74, 6) is -0.525. The van der Waals surface area contributed by atoms with Crippen LogP contribution in [0.4, 0.5) is 5.69 Å². The SMILES string of the molecule is CN1CCN(S(=O)(=O)c2ccc(Cl)c(C(=O)Nc3ccccc3Cl)c2)CC1. The van der Waals surface area contributed by atoms with Crippen LogP contribution in [0.25, 0.3) is 0 Å². The predicted octanol–water partition coefficient (Wildman–Crippen LogP) is 3.18. The largest absolute Gasteiger partial charge is 0.321 e. The molecule has 144 valence electrons. The van der Waals surface area contributed by atoms with E-state index in [2.05, 4.69) is 10.2 Å². The molecule has 1 amide bonds. The molecule has 0 atom stereocenters. The van der Waals surface area contributed by atoms with Gasteiger partial charge in [0.2, 0.25) is 10.0 Å². The number of carbonyl (C=O) groups excluding carboxylic acids is 1. The Bertz CT molecular complexity index is 958. The molecule has 0 aromatic heterocycles. The summed E-state index contributed by atoms with van der Waals surface area (Å²) in [7, 11) is -1.75. The van der Waals surface area contributed by atoms with Crippen molar-refractivity contribution >= 4 is 44.8 Å². The first-order valence-electron chi connectivity index (χ1n) is 8.33. The third-order valence-electron chi connectivity index (χ3n) is 4.40. The van der Waals surface area contributed by atoms with Crippen molar-refractivity contribution in [3.63, 3.8) is 0 Å². The maximum Gasteiger partial charge on any atom is 0.257 e. The molecular formula is C18H19Cl2N3O3S. The Balaban J connectivity index is 1.88. The highest BCUT2D eigenvalue weighted by Gasteiger charge is 2.28. The van der Waals surface area contributed by atoms with Gasteiger partial charge in [-0.15, -0.1) is 0 Å². The number of sulfonamides is 1. The Hall–Kier alpha value is -1.64. The quantitative estimate of drug-likeness (QED) is 0.812. The van der Waals surface area contributed by atoms with Gasteiger partial charge >= 0.3 is 0 Å². The number of piperazine rings is 1. The first kappa shape index (κ1) is 20.1. The average Bonchev–Trinajstić information content (AvgIpc) is 2.64. The van der Waals surface area contributed by atoms with Crippen LogP contribution < -0.4 is 5.32 Å². The summed E-state index contributed by atoms with van der Waals surface area (Å²) < 4.78 is 27.2. The molecule has 3 rings (SSSR count). The predicted molar refractivity (Wildman–Crippen MR) is 107 cm³/mol. The number of nitrogens with zero attached hydrogens (tertiary/aromatic N) is 2. The number of likely N-dealkylation sites (N-methyl/N-ethyl adjacent to an activating group) is 1. The Kier molecular flexibility index (Phi) is 6.08. The normalized spacial score (nSPS) is 16.3.